The minimum absolute atomic E-state index is 0.495. The van der Waals surface area contributed by atoms with E-state index < -0.39 is 0 Å². The molecule has 1 saturated heterocycles. The van der Waals surface area contributed by atoms with E-state index in [0.717, 1.165) is 37.1 Å². The van der Waals surface area contributed by atoms with Gasteiger partial charge in [0.2, 0.25) is 0 Å². The summed E-state index contributed by atoms with van der Waals surface area (Å²) in [6, 6.07) is 0. The molecule has 0 bridgehead atoms. The number of hydrogen-bond donors (Lipinski definition) is 0. The van der Waals surface area contributed by atoms with E-state index in [0.29, 0.717) is 6.10 Å². The third-order valence-corrected chi connectivity index (χ3v) is 2.49. The Balaban J connectivity index is 2.38. The number of likely N-dealkylation sites (N-methyl/N-ethyl adjacent to an activating group) is 1. The van der Waals surface area contributed by atoms with Gasteiger partial charge in [-0.1, -0.05) is 12.7 Å². The van der Waals surface area contributed by atoms with Crippen molar-refractivity contribution in [3.8, 4) is 0 Å². The lowest BCUT2D eigenvalue weighted by atomic mass is 10.2. The van der Waals surface area contributed by atoms with Crippen LogP contribution in [0.5, 0.6) is 0 Å². The van der Waals surface area contributed by atoms with E-state index in [9.17, 15) is 0 Å². The molecule has 1 aliphatic rings. The van der Waals surface area contributed by atoms with Gasteiger partial charge in [0.1, 0.15) is 12.6 Å². The molecular formula is C11H20NO+. The van der Waals surface area contributed by atoms with E-state index in [2.05, 4.69) is 20.2 Å². The lowest BCUT2D eigenvalue weighted by Crippen LogP contribution is -2.47. The summed E-state index contributed by atoms with van der Waals surface area (Å²) in [5.41, 5.74) is 0. The van der Waals surface area contributed by atoms with E-state index >= 15 is 0 Å². The zero-order valence-electron chi connectivity index (χ0n) is 8.54. The third-order valence-electron chi connectivity index (χ3n) is 2.49. The molecule has 2 atom stereocenters. The first kappa shape index (κ1) is 10.5. The normalized spacial score (nSPS) is 24.8. The maximum Gasteiger partial charge on any atom is 0.130 e. The molecule has 0 aliphatic carbocycles. The van der Waals surface area contributed by atoms with E-state index in [1.54, 1.807) is 0 Å². The van der Waals surface area contributed by atoms with E-state index in [1.165, 1.54) is 0 Å². The van der Waals surface area contributed by atoms with Gasteiger partial charge < -0.3 is 9.22 Å². The fraction of sp³-hybridized carbons (Fsp3) is 0.636. The highest BCUT2D eigenvalue weighted by atomic mass is 16.6. The van der Waals surface area contributed by atoms with Gasteiger partial charge in [-0.2, -0.15) is 0 Å². The zero-order chi connectivity index (χ0) is 9.73. The molecule has 0 radical (unpaired) electrons. The van der Waals surface area contributed by atoms with E-state index in [4.69, 9.17) is 4.74 Å². The second-order valence-corrected chi connectivity index (χ2v) is 4.03. The topological polar surface area (TPSA) is 12.5 Å². The van der Waals surface area contributed by atoms with E-state index in [1.807, 2.05) is 12.2 Å². The van der Waals surface area contributed by atoms with Gasteiger partial charge in [0.05, 0.1) is 26.7 Å². The molecule has 1 rings (SSSR count). The van der Waals surface area contributed by atoms with Crippen LogP contribution in [-0.4, -0.2) is 43.9 Å². The Labute approximate surface area is 81.1 Å². The molecule has 1 aliphatic heterocycles. The first-order chi connectivity index (χ1) is 6.20. The summed E-state index contributed by atoms with van der Waals surface area (Å²) in [5, 5.41) is 0. The highest BCUT2D eigenvalue weighted by Crippen LogP contribution is 2.16. The Hall–Kier alpha value is -0.600. The Bertz CT molecular complexity index is 187. The minimum Gasteiger partial charge on any atom is -0.367 e. The molecule has 2 nitrogen and oxygen atoms in total. The molecule has 0 amide bonds. The summed E-state index contributed by atoms with van der Waals surface area (Å²) in [5.74, 6) is 0. The van der Waals surface area contributed by atoms with Crippen LogP contribution >= 0.6 is 0 Å². The summed E-state index contributed by atoms with van der Waals surface area (Å²) in [6.45, 7) is 11.8. The first-order valence-corrected chi connectivity index (χ1v) is 4.87. The Morgan fingerprint density at radius 1 is 1.46 bits per heavy atom. The van der Waals surface area contributed by atoms with Crippen molar-refractivity contribution < 1.29 is 9.22 Å². The number of quaternary nitrogens is 1. The lowest BCUT2D eigenvalue weighted by molar-refractivity contribution is -0.904. The number of hydrogen-bond acceptors (Lipinski definition) is 1. The highest BCUT2D eigenvalue weighted by molar-refractivity contribution is 4.73. The summed E-state index contributed by atoms with van der Waals surface area (Å²) < 4.78 is 6.28. The average molecular weight is 182 g/mol. The van der Waals surface area contributed by atoms with Crippen molar-refractivity contribution in [1.29, 1.82) is 0 Å². The molecule has 0 aromatic heterocycles. The molecule has 1 fully saturated rings. The average Bonchev–Trinajstić information content (AvgIpc) is 2.85. The van der Waals surface area contributed by atoms with Gasteiger partial charge >= 0.3 is 0 Å². The second kappa shape index (κ2) is 4.58. The number of epoxide rings is 1. The second-order valence-electron chi connectivity index (χ2n) is 4.03. The zero-order valence-corrected chi connectivity index (χ0v) is 8.54. The van der Waals surface area contributed by atoms with Crippen molar-refractivity contribution in [3.63, 3.8) is 0 Å². The predicted molar refractivity (Wildman–Crippen MR) is 55.5 cm³/mol. The molecule has 74 valence electrons. The molecule has 0 saturated carbocycles. The Morgan fingerprint density at radius 3 is 2.62 bits per heavy atom. The van der Waals surface area contributed by atoms with Gasteiger partial charge in [-0.05, 0) is 6.08 Å². The third kappa shape index (κ3) is 3.75. The largest absolute Gasteiger partial charge is 0.367 e. The molecule has 2 heteroatoms. The molecule has 0 N–H and O–H groups in total. The van der Waals surface area contributed by atoms with Crippen LogP contribution < -0.4 is 0 Å². The molecule has 0 spiro atoms. The van der Waals surface area contributed by atoms with Gasteiger partial charge in [0, 0.05) is 6.42 Å². The predicted octanol–water partition coefficient (Wildman–Crippen LogP) is 1.59. The number of ether oxygens (including phenoxy) is 1. The summed E-state index contributed by atoms with van der Waals surface area (Å²) in [7, 11) is 2.26. The first-order valence-electron chi connectivity index (χ1n) is 4.87. The molecule has 2 unspecified atom stereocenters. The van der Waals surface area contributed by atoms with Crippen LogP contribution in [0.15, 0.2) is 25.3 Å². The van der Waals surface area contributed by atoms with Crippen LogP contribution in [0.1, 0.15) is 6.42 Å². The van der Waals surface area contributed by atoms with Crippen LogP contribution in [0.4, 0.5) is 0 Å². The smallest absolute Gasteiger partial charge is 0.130 e. The maximum atomic E-state index is 5.25. The number of rotatable bonds is 7. The van der Waals surface area contributed by atoms with Crippen molar-refractivity contribution in [2.24, 2.45) is 0 Å². The maximum absolute atomic E-state index is 5.25. The standard InChI is InChI=1S/C11H20NO/c1-4-6-8-12(3,7-5-2)9-11-10-13-11/h4-5,11H,1-2,6-10H2,3H3/q+1. The van der Waals surface area contributed by atoms with Gasteiger partial charge in [-0.15, -0.1) is 6.58 Å². The fourth-order valence-corrected chi connectivity index (χ4v) is 1.64. The quantitative estimate of drug-likeness (QED) is 0.331. The molecular weight excluding hydrogens is 162 g/mol. The summed E-state index contributed by atoms with van der Waals surface area (Å²) in [4.78, 5) is 0. The van der Waals surface area contributed by atoms with Gasteiger partial charge in [0.15, 0.2) is 0 Å². The fourth-order valence-electron chi connectivity index (χ4n) is 1.64. The monoisotopic (exact) mass is 182 g/mol. The molecule has 13 heavy (non-hydrogen) atoms. The van der Waals surface area contributed by atoms with Crippen molar-refractivity contribution in [3.05, 3.63) is 25.3 Å². The van der Waals surface area contributed by atoms with Gasteiger partial charge in [0.25, 0.3) is 0 Å². The molecule has 0 aromatic rings. The summed E-state index contributed by atoms with van der Waals surface area (Å²) >= 11 is 0. The van der Waals surface area contributed by atoms with E-state index in [-0.39, 0.29) is 0 Å². The van der Waals surface area contributed by atoms with Crippen molar-refractivity contribution in [2.75, 3.05) is 33.3 Å². The number of nitrogens with zero attached hydrogens (tertiary/aromatic N) is 1. The van der Waals surface area contributed by atoms with Crippen LogP contribution in [0.25, 0.3) is 0 Å². The Morgan fingerprint density at radius 2 is 2.15 bits per heavy atom. The van der Waals surface area contributed by atoms with Crippen molar-refractivity contribution >= 4 is 0 Å². The SMILES string of the molecule is C=CCC[N+](C)(CC=C)CC1CO1. The van der Waals surface area contributed by atoms with Crippen LogP contribution in [0.2, 0.25) is 0 Å². The minimum atomic E-state index is 0.495. The van der Waals surface area contributed by atoms with Gasteiger partial charge in [-0.3, -0.25) is 0 Å². The van der Waals surface area contributed by atoms with Crippen LogP contribution in [0, 0.1) is 0 Å². The molecule has 1 heterocycles. The lowest BCUT2D eigenvalue weighted by Gasteiger charge is -2.32. The van der Waals surface area contributed by atoms with Gasteiger partial charge in [-0.25, -0.2) is 0 Å². The van der Waals surface area contributed by atoms with Crippen LogP contribution in [-0.2, 0) is 4.74 Å². The van der Waals surface area contributed by atoms with Crippen molar-refractivity contribution in [1.82, 2.24) is 0 Å². The highest BCUT2D eigenvalue weighted by Gasteiger charge is 2.32. The molecule has 0 aromatic carbocycles. The Kier molecular flexibility index (Phi) is 3.70. The van der Waals surface area contributed by atoms with Crippen molar-refractivity contribution in [2.45, 2.75) is 12.5 Å². The summed E-state index contributed by atoms with van der Waals surface area (Å²) in [6.07, 6.45) is 5.53. The van der Waals surface area contributed by atoms with Crippen LogP contribution in [0.3, 0.4) is 0 Å².